The Balaban J connectivity index is 1.23. The second-order valence-electron chi connectivity index (χ2n) is 13.1. The average Bonchev–Trinajstić information content (AvgIpc) is 3.16. The maximum atomic E-state index is 13.3. The van der Waals surface area contributed by atoms with Gasteiger partial charge in [0.15, 0.2) is 0 Å². The molecule has 4 aromatic rings. The van der Waals surface area contributed by atoms with Crippen molar-refractivity contribution in [3.05, 3.63) is 106 Å². The van der Waals surface area contributed by atoms with Gasteiger partial charge in [-0.05, 0) is 74.2 Å². The fourth-order valence-electron chi connectivity index (χ4n) is 7.02. The van der Waals surface area contributed by atoms with E-state index in [2.05, 4.69) is 10.6 Å². The summed E-state index contributed by atoms with van der Waals surface area (Å²) in [7, 11) is 3.23. The predicted molar refractivity (Wildman–Crippen MR) is 205 cm³/mol. The fraction of sp³-hybridized carbons (Fsp3) is 0.333. The lowest BCUT2D eigenvalue weighted by atomic mass is 9.90. The number of hydrogen-bond acceptors (Lipinski definition) is 8. The number of fused-ring (bicyclic) bond motifs is 2. The molecule has 2 atom stereocenters. The van der Waals surface area contributed by atoms with Crippen LogP contribution in [0.2, 0.25) is 0 Å². The molecular weight excluding hydrogens is 688 g/mol. The zero-order valence-electron chi connectivity index (χ0n) is 31.5. The Morgan fingerprint density at radius 3 is 1.39 bits per heavy atom. The second kappa shape index (κ2) is 16.3. The average molecular weight is 735 g/mol. The molecule has 0 saturated carbocycles. The van der Waals surface area contributed by atoms with Gasteiger partial charge in [0, 0.05) is 36.6 Å². The first-order valence-electron chi connectivity index (χ1n) is 18.2. The molecular formula is C42H46N4O8. The highest BCUT2D eigenvalue weighted by atomic mass is 16.5. The highest BCUT2D eigenvalue weighted by Gasteiger charge is 2.39. The first-order valence-corrected chi connectivity index (χ1v) is 18.2. The van der Waals surface area contributed by atoms with Crippen LogP contribution < -0.4 is 20.1 Å². The molecule has 0 aliphatic carbocycles. The number of carbonyl (C=O) groups is 4. The van der Waals surface area contributed by atoms with Crippen molar-refractivity contribution in [3.8, 4) is 11.5 Å². The van der Waals surface area contributed by atoms with Crippen LogP contribution in [0.4, 0.5) is 9.59 Å². The Kier molecular flexibility index (Phi) is 11.4. The Morgan fingerprint density at radius 1 is 0.611 bits per heavy atom. The first kappa shape index (κ1) is 37.7. The van der Waals surface area contributed by atoms with Crippen LogP contribution in [0.3, 0.4) is 0 Å². The molecule has 2 heterocycles. The van der Waals surface area contributed by atoms with Gasteiger partial charge < -0.3 is 39.4 Å². The molecule has 2 unspecified atom stereocenters. The molecule has 6 rings (SSSR count). The number of amides is 4. The van der Waals surface area contributed by atoms with E-state index in [1.807, 2.05) is 72.8 Å². The first-order chi connectivity index (χ1) is 26.1. The minimum atomic E-state index is -0.791. The summed E-state index contributed by atoms with van der Waals surface area (Å²) in [6, 6.07) is 20.9. The van der Waals surface area contributed by atoms with Crippen LogP contribution in [0.15, 0.2) is 95.3 Å². The van der Waals surface area contributed by atoms with Crippen molar-refractivity contribution >= 4 is 45.5 Å². The van der Waals surface area contributed by atoms with Crippen LogP contribution in [0, 0.1) is 0 Å². The van der Waals surface area contributed by atoms with Crippen molar-refractivity contribution < 1.29 is 38.1 Å². The number of nitrogens with zero attached hydrogens (tertiary/aromatic N) is 2. The van der Waals surface area contributed by atoms with Gasteiger partial charge >= 0.3 is 24.0 Å². The maximum Gasteiger partial charge on any atom is 0.338 e. The van der Waals surface area contributed by atoms with E-state index in [1.165, 1.54) is 9.80 Å². The topological polar surface area (TPSA) is 136 Å². The third kappa shape index (κ3) is 7.28. The molecule has 2 aliphatic rings. The fourth-order valence-corrected chi connectivity index (χ4v) is 7.02. The van der Waals surface area contributed by atoms with E-state index in [1.54, 1.807) is 41.8 Å². The summed E-state index contributed by atoms with van der Waals surface area (Å²) >= 11 is 0. The number of rotatable bonds is 13. The monoisotopic (exact) mass is 734 g/mol. The minimum absolute atomic E-state index is 0.192. The number of carbonyl (C=O) groups excluding carboxylic acids is 4. The summed E-state index contributed by atoms with van der Waals surface area (Å²) in [4.78, 5) is 55.5. The van der Waals surface area contributed by atoms with Crippen LogP contribution in [0.5, 0.6) is 11.5 Å². The molecule has 2 N–H and O–H groups in total. The Morgan fingerprint density at radius 2 is 1.00 bits per heavy atom. The molecule has 0 fully saturated rings. The minimum Gasteiger partial charge on any atom is -0.493 e. The zero-order valence-corrected chi connectivity index (χ0v) is 31.5. The van der Waals surface area contributed by atoms with Crippen molar-refractivity contribution in [1.82, 2.24) is 20.4 Å². The van der Waals surface area contributed by atoms with Gasteiger partial charge in [-0.25, -0.2) is 19.2 Å². The molecule has 12 nitrogen and oxygen atoms in total. The highest BCUT2D eigenvalue weighted by Crippen LogP contribution is 2.42. The Bertz CT molecular complexity index is 2020. The van der Waals surface area contributed by atoms with Gasteiger partial charge in [0.2, 0.25) is 0 Å². The van der Waals surface area contributed by atoms with Crippen molar-refractivity contribution in [2.45, 2.75) is 52.6 Å². The summed E-state index contributed by atoms with van der Waals surface area (Å²) in [5.74, 6) is 0.0802. The molecule has 2 aliphatic heterocycles. The lowest BCUT2D eigenvalue weighted by Crippen LogP contribution is -2.46. The molecule has 12 heteroatoms. The summed E-state index contributed by atoms with van der Waals surface area (Å²) in [5, 5.41) is 9.57. The second-order valence-corrected chi connectivity index (χ2v) is 13.1. The van der Waals surface area contributed by atoms with Crippen LogP contribution >= 0.6 is 0 Å². The van der Waals surface area contributed by atoms with E-state index in [0.717, 1.165) is 21.5 Å². The lowest BCUT2D eigenvalue weighted by Gasteiger charge is -2.34. The number of esters is 2. The number of benzene rings is 4. The third-order valence-corrected chi connectivity index (χ3v) is 9.99. The molecule has 0 spiro atoms. The maximum absolute atomic E-state index is 13.3. The largest absolute Gasteiger partial charge is 0.493 e. The van der Waals surface area contributed by atoms with Gasteiger partial charge in [0.25, 0.3) is 0 Å². The van der Waals surface area contributed by atoms with E-state index in [-0.39, 0.29) is 25.3 Å². The summed E-state index contributed by atoms with van der Waals surface area (Å²) in [5.41, 5.74) is 3.05. The molecule has 0 aromatic heterocycles. The normalized spacial score (nSPS) is 17.4. The van der Waals surface area contributed by atoms with Crippen LogP contribution in [-0.4, -0.2) is 74.3 Å². The number of urea groups is 2. The van der Waals surface area contributed by atoms with Crippen molar-refractivity contribution in [1.29, 1.82) is 0 Å². The predicted octanol–water partition coefficient (Wildman–Crippen LogP) is 7.30. The highest BCUT2D eigenvalue weighted by molar-refractivity contribution is 5.99. The van der Waals surface area contributed by atoms with Crippen molar-refractivity contribution in [2.75, 3.05) is 40.5 Å². The molecule has 0 saturated heterocycles. The van der Waals surface area contributed by atoms with E-state index in [0.29, 0.717) is 71.2 Å². The number of allylic oxidation sites excluding steroid dienone is 2. The standard InChI is InChI=1S/C42H46N4O8/c1-7-51-39(47)33-25(3)45(5)41(49)43-37(33)35-29-17-11-9-15-27(29)19-21-31(35)53-23-13-14-24-54-32-22-20-28-16-10-12-18-30(28)36(32)38-34(40(48)52-8-2)26(4)46(6)42(50)44-38/h9-12,15-22,37-38H,7-8,13-14,23-24H2,1-6H3,(H,43,49)(H,44,50). The molecule has 4 aromatic carbocycles. The van der Waals surface area contributed by atoms with Gasteiger partial charge in [-0.3, -0.25) is 0 Å². The van der Waals surface area contributed by atoms with Gasteiger partial charge in [-0.15, -0.1) is 0 Å². The van der Waals surface area contributed by atoms with Gasteiger partial charge in [0.1, 0.15) is 11.5 Å². The van der Waals surface area contributed by atoms with E-state index in [9.17, 15) is 19.2 Å². The number of hydrogen-bond donors (Lipinski definition) is 2. The summed E-state index contributed by atoms with van der Waals surface area (Å²) in [6.45, 7) is 8.01. The number of nitrogens with one attached hydrogen (secondary N) is 2. The van der Waals surface area contributed by atoms with Gasteiger partial charge in [0.05, 0.1) is 49.7 Å². The Hall–Kier alpha value is -6.04. The molecule has 0 bridgehead atoms. The number of ether oxygens (including phenoxy) is 4. The smallest absolute Gasteiger partial charge is 0.338 e. The van der Waals surface area contributed by atoms with Crippen LogP contribution in [-0.2, 0) is 19.1 Å². The molecule has 282 valence electrons. The van der Waals surface area contributed by atoms with Gasteiger partial charge in [-0.2, -0.15) is 0 Å². The van der Waals surface area contributed by atoms with Crippen molar-refractivity contribution in [3.63, 3.8) is 0 Å². The lowest BCUT2D eigenvalue weighted by molar-refractivity contribution is -0.140. The van der Waals surface area contributed by atoms with Crippen LogP contribution in [0.25, 0.3) is 21.5 Å². The quantitative estimate of drug-likeness (QED) is 0.108. The van der Waals surface area contributed by atoms with E-state index >= 15 is 0 Å². The SMILES string of the molecule is CCOC(=O)C1=C(C)N(C)C(=O)NC1c1c(OCCCCOc2ccc3ccccc3c2C2NC(=O)N(C)C(C)=C2C(=O)OCC)ccc2ccccc12. The van der Waals surface area contributed by atoms with Gasteiger partial charge in [-0.1, -0.05) is 60.7 Å². The van der Waals surface area contributed by atoms with Crippen molar-refractivity contribution in [2.24, 2.45) is 0 Å². The molecule has 54 heavy (non-hydrogen) atoms. The summed E-state index contributed by atoms with van der Waals surface area (Å²) in [6.07, 6.45) is 1.24. The Labute approximate surface area is 314 Å². The number of unbranched alkanes of at least 4 members (excludes halogenated alkanes) is 1. The third-order valence-electron chi connectivity index (χ3n) is 9.99. The summed E-state index contributed by atoms with van der Waals surface area (Å²) < 4.78 is 23.7. The zero-order chi connectivity index (χ0) is 38.5. The van der Waals surface area contributed by atoms with E-state index in [4.69, 9.17) is 18.9 Å². The molecule has 0 radical (unpaired) electrons. The van der Waals surface area contributed by atoms with Crippen LogP contribution in [0.1, 0.15) is 63.7 Å². The van der Waals surface area contributed by atoms with E-state index < -0.39 is 24.0 Å². The molecule has 4 amide bonds.